The Labute approximate surface area is 183 Å². The molecule has 11 heteroatoms. The van der Waals surface area contributed by atoms with Crippen molar-refractivity contribution in [3.63, 3.8) is 0 Å². The SMILES string of the molecule is Cc1nnc(C(NC(=O)c2cc(O[C@@H](C)C(C)(F)F)c(C3(F)COC3)cn2)C(C)(C)C)o1. The number of pyridine rings is 1. The number of alkyl halides is 3. The van der Waals surface area contributed by atoms with Crippen LogP contribution in [-0.2, 0) is 10.4 Å². The van der Waals surface area contributed by atoms with E-state index in [1.807, 2.05) is 20.8 Å². The van der Waals surface area contributed by atoms with Crippen molar-refractivity contribution in [3.8, 4) is 5.75 Å². The second kappa shape index (κ2) is 8.34. The van der Waals surface area contributed by atoms with Gasteiger partial charge in [0.25, 0.3) is 11.8 Å². The lowest BCUT2D eigenvalue weighted by molar-refractivity contribution is -0.137. The standard InChI is InChI=1S/C21H27F3N4O4/c1-11(20(6,22)23)31-15-7-14(25-8-13(15)21(24)9-30-10-21)17(29)26-16(19(3,4)5)18-28-27-12(2)32-18/h7-8,11,16H,9-10H2,1-6H3,(H,26,29)/t11-,16?/m0/s1. The summed E-state index contributed by atoms with van der Waals surface area (Å²) in [7, 11) is 0. The van der Waals surface area contributed by atoms with E-state index >= 15 is 4.39 Å². The molecule has 0 aromatic carbocycles. The number of amides is 1. The summed E-state index contributed by atoms with van der Waals surface area (Å²) in [5.74, 6) is -3.45. The van der Waals surface area contributed by atoms with Gasteiger partial charge in [-0.2, -0.15) is 0 Å². The molecule has 1 aliphatic rings. The molecular weight excluding hydrogens is 429 g/mol. The summed E-state index contributed by atoms with van der Waals surface area (Å²) in [5.41, 5.74) is -2.60. The third-order valence-electron chi connectivity index (χ3n) is 5.19. The summed E-state index contributed by atoms with van der Waals surface area (Å²) in [4.78, 5) is 17.0. The Bertz CT molecular complexity index is 980. The first-order valence-electron chi connectivity index (χ1n) is 10.1. The van der Waals surface area contributed by atoms with Crippen LogP contribution in [0.25, 0.3) is 0 Å². The van der Waals surface area contributed by atoms with Gasteiger partial charge in [0.2, 0.25) is 11.8 Å². The molecule has 2 aromatic heterocycles. The summed E-state index contributed by atoms with van der Waals surface area (Å²) in [5, 5.41) is 10.6. The molecule has 1 N–H and O–H groups in total. The van der Waals surface area contributed by atoms with E-state index in [0.717, 1.165) is 12.3 Å². The highest BCUT2D eigenvalue weighted by atomic mass is 19.3. The molecule has 2 atom stereocenters. The van der Waals surface area contributed by atoms with E-state index in [1.54, 1.807) is 6.92 Å². The number of aromatic nitrogens is 3. The Morgan fingerprint density at radius 2 is 1.91 bits per heavy atom. The first-order chi connectivity index (χ1) is 14.7. The third kappa shape index (κ3) is 5.03. The molecule has 32 heavy (non-hydrogen) atoms. The van der Waals surface area contributed by atoms with Crippen molar-refractivity contribution >= 4 is 5.91 Å². The number of hydrogen-bond donors (Lipinski definition) is 1. The predicted molar refractivity (Wildman–Crippen MR) is 107 cm³/mol. The Morgan fingerprint density at radius 3 is 2.38 bits per heavy atom. The van der Waals surface area contributed by atoms with Gasteiger partial charge in [-0.15, -0.1) is 10.2 Å². The average Bonchev–Trinajstić information content (AvgIpc) is 3.08. The maximum absolute atomic E-state index is 15.0. The maximum atomic E-state index is 15.0. The number of hydrogen-bond acceptors (Lipinski definition) is 7. The first-order valence-corrected chi connectivity index (χ1v) is 10.1. The van der Waals surface area contributed by atoms with Crippen LogP contribution in [0.4, 0.5) is 13.2 Å². The molecule has 1 aliphatic heterocycles. The summed E-state index contributed by atoms with van der Waals surface area (Å²) in [6.07, 6.45) is -0.441. The van der Waals surface area contributed by atoms with Crippen LogP contribution < -0.4 is 10.1 Å². The van der Waals surface area contributed by atoms with Crippen LogP contribution in [0.5, 0.6) is 5.75 Å². The minimum atomic E-state index is -3.18. The molecule has 3 rings (SSSR count). The maximum Gasteiger partial charge on any atom is 0.281 e. The Hall–Kier alpha value is -2.69. The highest BCUT2D eigenvalue weighted by Crippen LogP contribution is 2.40. The number of nitrogens with one attached hydrogen (secondary N) is 1. The molecule has 1 amide bonds. The molecule has 1 fully saturated rings. The van der Waals surface area contributed by atoms with Gasteiger partial charge in [0.1, 0.15) is 17.5 Å². The van der Waals surface area contributed by atoms with Crippen molar-refractivity contribution in [2.75, 3.05) is 13.2 Å². The summed E-state index contributed by atoms with van der Waals surface area (Å²) in [6, 6.07) is 0.499. The summed E-state index contributed by atoms with van der Waals surface area (Å²) in [6.45, 7) is 8.60. The normalized spacial score (nSPS) is 17.9. The van der Waals surface area contributed by atoms with Crippen molar-refractivity contribution in [1.29, 1.82) is 0 Å². The molecule has 0 radical (unpaired) electrons. The van der Waals surface area contributed by atoms with E-state index in [2.05, 4.69) is 20.5 Å². The zero-order valence-electron chi connectivity index (χ0n) is 18.8. The van der Waals surface area contributed by atoms with Crippen LogP contribution in [0.15, 0.2) is 16.7 Å². The number of nitrogens with zero attached hydrogens (tertiary/aromatic N) is 3. The van der Waals surface area contributed by atoms with Crippen LogP contribution in [0.3, 0.4) is 0 Å². The van der Waals surface area contributed by atoms with Crippen molar-refractivity contribution in [2.24, 2.45) is 5.41 Å². The van der Waals surface area contributed by atoms with Crippen LogP contribution >= 0.6 is 0 Å². The Balaban J connectivity index is 1.92. The summed E-state index contributed by atoms with van der Waals surface area (Å²) >= 11 is 0. The highest BCUT2D eigenvalue weighted by molar-refractivity contribution is 5.93. The monoisotopic (exact) mass is 456 g/mol. The molecule has 0 bridgehead atoms. The van der Waals surface area contributed by atoms with E-state index in [-0.39, 0.29) is 36.1 Å². The number of ether oxygens (including phenoxy) is 2. The van der Waals surface area contributed by atoms with Crippen LogP contribution in [-0.4, -0.2) is 46.3 Å². The van der Waals surface area contributed by atoms with Gasteiger partial charge in [-0.05, 0) is 12.3 Å². The topological polar surface area (TPSA) is 99.4 Å². The smallest absolute Gasteiger partial charge is 0.281 e. The number of carbonyl (C=O) groups excluding carboxylic acids is 1. The number of rotatable bonds is 7. The van der Waals surface area contributed by atoms with Crippen molar-refractivity contribution in [1.82, 2.24) is 20.5 Å². The van der Waals surface area contributed by atoms with Crippen molar-refractivity contribution in [2.45, 2.75) is 65.3 Å². The van der Waals surface area contributed by atoms with Crippen molar-refractivity contribution in [3.05, 3.63) is 35.3 Å². The van der Waals surface area contributed by atoms with E-state index in [0.29, 0.717) is 12.8 Å². The molecule has 0 saturated carbocycles. The van der Waals surface area contributed by atoms with Crippen LogP contribution in [0.1, 0.15) is 68.5 Å². The molecule has 8 nitrogen and oxygen atoms in total. The largest absolute Gasteiger partial charge is 0.484 e. The van der Waals surface area contributed by atoms with E-state index in [4.69, 9.17) is 13.9 Å². The van der Waals surface area contributed by atoms with Gasteiger partial charge < -0.3 is 19.2 Å². The van der Waals surface area contributed by atoms with E-state index in [1.165, 1.54) is 6.92 Å². The van der Waals surface area contributed by atoms with Crippen LogP contribution in [0.2, 0.25) is 0 Å². The highest BCUT2D eigenvalue weighted by Gasteiger charge is 2.45. The lowest BCUT2D eigenvalue weighted by Gasteiger charge is -2.35. The first kappa shape index (κ1) is 24.0. The van der Waals surface area contributed by atoms with Crippen LogP contribution in [0, 0.1) is 12.3 Å². The number of halogens is 3. The minimum Gasteiger partial charge on any atom is -0.484 e. The van der Waals surface area contributed by atoms with E-state index < -0.39 is 35.1 Å². The Morgan fingerprint density at radius 1 is 1.25 bits per heavy atom. The summed E-state index contributed by atoms with van der Waals surface area (Å²) < 4.78 is 58.2. The molecule has 2 aromatic rings. The van der Waals surface area contributed by atoms with Crippen molar-refractivity contribution < 1.29 is 31.9 Å². The fourth-order valence-electron chi connectivity index (χ4n) is 3.01. The predicted octanol–water partition coefficient (Wildman–Crippen LogP) is 3.91. The van der Waals surface area contributed by atoms with Gasteiger partial charge in [-0.25, -0.2) is 13.2 Å². The quantitative estimate of drug-likeness (QED) is 0.674. The molecule has 1 unspecified atom stereocenters. The van der Waals surface area contributed by atoms with Gasteiger partial charge in [0.15, 0.2) is 11.8 Å². The zero-order chi connectivity index (χ0) is 23.9. The average molecular weight is 456 g/mol. The fourth-order valence-corrected chi connectivity index (χ4v) is 3.01. The second-order valence-corrected chi connectivity index (χ2v) is 9.17. The molecule has 176 valence electrons. The fraction of sp³-hybridized carbons (Fsp3) is 0.619. The lowest BCUT2D eigenvalue weighted by atomic mass is 9.86. The van der Waals surface area contributed by atoms with Gasteiger partial charge in [-0.1, -0.05) is 20.8 Å². The Kier molecular flexibility index (Phi) is 6.25. The minimum absolute atomic E-state index is 0.0451. The van der Waals surface area contributed by atoms with Gasteiger partial charge in [0.05, 0.1) is 18.8 Å². The van der Waals surface area contributed by atoms with Gasteiger partial charge in [-0.3, -0.25) is 9.78 Å². The third-order valence-corrected chi connectivity index (χ3v) is 5.19. The zero-order valence-corrected chi connectivity index (χ0v) is 18.8. The molecular formula is C21H27F3N4O4. The molecule has 3 heterocycles. The lowest BCUT2D eigenvalue weighted by Crippen LogP contribution is -2.44. The number of carbonyl (C=O) groups is 1. The molecule has 1 saturated heterocycles. The van der Waals surface area contributed by atoms with Gasteiger partial charge in [0, 0.05) is 26.1 Å². The molecule has 0 spiro atoms. The second-order valence-electron chi connectivity index (χ2n) is 9.17. The van der Waals surface area contributed by atoms with Gasteiger partial charge >= 0.3 is 0 Å². The molecule has 0 aliphatic carbocycles. The number of aryl methyl sites for hydroxylation is 1. The van der Waals surface area contributed by atoms with E-state index in [9.17, 15) is 13.6 Å².